The number of nitrogens with one attached hydrogen (secondary N) is 1. The number of hydrogen-bond acceptors (Lipinski definition) is 6. The lowest BCUT2D eigenvalue weighted by atomic mass is 10.0. The van der Waals surface area contributed by atoms with Gasteiger partial charge in [0.1, 0.15) is 12.2 Å². The van der Waals surface area contributed by atoms with E-state index in [2.05, 4.69) is 5.32 Å². The van der Waals surface area contributed by atoms with Crippen molar-refractivity contribution >= 4 is 11.6 Å². The summed E-state index contributed by atoms with van der Waals surface area (Å²) in [6, 6.07) is 4.83. The summed E-state index contributed by atoms with van der Waals surface area (Å²) in [7, 11) is 0. The number of rotatable bonds is 5. The lowest BCUT2D eigenvalue weighted by molar-refractivity contribution is -0.137. The van der Waals surface area contributed by atoms with E-state index in [0.29, 0.717) is 31.9 Å². The highest BCUT2D eigenvalue weighted by atomic mass is 19.4. The average molecular weight is 417 g/mol. The van der Waals surface area contributed by atoms with Crippen LogP contribution >= 0.6 is 0 Å². The number of halogens is 3. The van der Waals surface area contributed by atoms with Crippen LogP contribution in [-0.4, -0.2) is 84.7 Å². The van der Waals surface area contributed by atoms with Gasteiger partial charge >= 0.3 is 6.18 Å². The van der Waals surface area contributed by atoms with Crippen LogP contribution < -0.4 is 10.2 Å². The number of ether oxygens (including phenoxy) is 1. The van der Waals surface area contributed by atoms with Crippen LogP contribution in [0.2, 0.25) is 0 Å². The van der Waals surface area contributed by atoms with Crippen LogP contribution in [-0.2, 0) is 15.7 Å². The third kappa shape index (κ3) is 5.00. The minimum atomic E-state index is -4.39. The van der Waals surface area contributed by atoms with E-state index in [9.17, 15) is 28.2 Å². The highest BCUT2D eigenvalue weighted by molar-refractivity contribution is 5.72. The zero-order valence-electron chi connectivity index (χ0n) is 16.1. The standard InChI is InChI=1S/C19H26F3N3O4/c1-12(27)23-10-15-17(18(28)16(11-26)29-15)25-7-5-24(6-8-25)14-4-2-3-13(9-14)19(20,21)22/h2-4,9,15-18,26,28H,5-8,10-11H2,1H3,(H,23,27). The second-order valence-electron chi connectivity index (χ2n) is 7.38. The van der Waals surface area contributed by atoms with Crippen molar-refractivity contribution in [3.63, 3.8) is 0 Å². The number of amides is 1. The number of nitrogens with zero attached hydrogens (tertiary/aromatic N) is 2. The fraction of sp³-hybridized carbons (Fsp3) is 0.632. The highest BCUT2D eigenvalue weighted by Gasteiger charge is 2.46. The Morgan fingerprint density at radius 1 is 1.24 bits per heavy atom. The molecule has 0 bridgehead atoms. The molecule has 3 rings (SSSR count). The van der Waals surface area contributed by atoms with Crippen molar-refractivity contribution in [3.05, 3.63) is 29.8 Å². The number of piperazine rings is 1. The number of benzene rings is 1. The van der Waals surface area contributed by atoms with Gasteiger partial charge in [0, 0.05) is 45.3 Å². The largest absolute Gasteiger partial charge is 0.416 e. The molecule has 0 radical (unpaired) electrons. The van der Waals surface area contributed by atoms with Crippen LogP contribution in [0.1, 0.15) is 12.5 Å². The van der Waals surface area contributed by atoms with E-state index in [1.54, 1.807) is 6.07 Å². The third-order valence-corrected chi connectivity index (χ3v) is 5.47. The number of aliphatic hydroxyl groups is 2. The van der Waals surface area contributed by atoms with Gasteiger partial charge in [-0.05, 0) is 18.2 Å². The molecule has 1 aromatic carbocycles. The van der Waals surface area contributed by atoms with Crippen molar-refractivity contribution in [3.8, 4) is 0 Å². The molecule has 2 saturated heterocycles. The van der Waals surface area contributed by atoms with E-state index in [1.165, 1.54) is 13.0 Å². The molecule has 10 heteroatoms. The van der Waals surface area contributed by atoms with Gasteiger partial charge < -0.3 is 25.2 Å². The molecule has 0 spiro atoms. The Morgan fingerprint density at radius 2 is 1.93 bits per heavy atom. The van der Waals surface area contributed by atoms with Crippen LogP contribution in [0.3, 0.4) is 0 Å². The summed E-state index contributed by atoms with van der Waals surface area (Å²) in [6.07, 6.45) is -6.52. The molecule has 1 amide bonds. The highest BCUT2D eigenvalue weighted by Crippen LogP contribution is 2.32. The quantitative estimate of drug-likeness (QED) is 0.645. The van der Waals surface area contributed by atoms with Gasteiger partial charge in [-0.25, -0.2) is 0 Å². The maximum atomic E-state index is 13.0. The van der Waals surface area contributed by atoms with Gasteiger partial charge in [-0.3, -0.25) is 9.69 Å². The lowest BCUT2D eigenvalue weighted by Gasteiger charge is -2.41. The zero-order valence-corrected chi connectivity index (χ0v) is 16.1. The summed E-state index contributed by atoms with van der Waals surface area (Å²) in [5.41, 5.74) is -0.177. The maximum absolute atomic E-state index is 13.0. The minimum Gasteiger partial charge on any atom is -0.394 e. The second-order valence-corrected chi connectivity index (χ2v) is 7.38. The van der Waals surface area contributed by atoms with Gasteiger partial charge in [0.05, 0.1) is 24.3 Å². The van der Waals surface area contributed by atoms with Gasteiger partial charge in [-0.2, -0.15) is 13.2 Å². The van der Waals surface area contributed by atoms with Crippen LogP contribution in [0.5, 0.6) is 0 Å². The monoisotopic (exact) mass is 417 g/mol. The summed E-state index contributed by atoms with van der Waals surface area (Å²) in [5, 5.41) is 22.7. The molecule has 4 unspecified atom stereocenters. The first-order valence-electron chi connectivity index (χ1n) is 9.56. The normalized spacial score (nSPS) is 28.6. The van der Waals surface area contributed by atoms with E-state index in [0.717, 1.165) is 12.1 Å². The molecule has 0 aromatic heterocycles. The molecule has 4 atom stereocenters. The van der Waals surface area contributed by atoms with Crippen LogP contribution in [0.25, 0.3) is 0 Å². The Bertz CT molecular complexity index is 710. The Balaban J connectivity index is 1.66. The second kappa shape index (κ2) is 8.86. The molecule has 1 aromatic rings. The van der Waals surface area contributed by atoms with Crippen LogP contribution in [0.4, 0.5) is 18.9 Å². The van der Waals surface area contributed by atoms with Crippen molar-refractivity contribution < 1.29 is 32.9 Å². The smallest absolute Gasteiger partial charge is 0.394 e. The zero-order chi connectivity index (χ0) is 21.2. The lowest BCUT2D eigenvalue weighted by Crippen LogP contribution is -2.57. The third-order valence-electron chi connectivity index (χ3n) is 5.47. The van der Waals surface area contributed by atoms with Crippen molar-refractivity contribution in [1.29, 1.82) is 0 Å². The van der Waals surface area contributed by atoms with Crippen molar-refractivity contribution in [1.82, 2.24) is 10.2 Å². The number of hydrogen-bond donors (Lipinski definition) is 3. The molecular weight excluding hydrogens is 391 g/mol. The summed E-state index contributed by atoms with van der Waals surface area (Å²) in [6.45, 7) is 3.26. The Hall–Kier alpha value is -1.88. The average Bonchev–Trinajstić information content (AvgIpc) is 3.01. The minimum absolute atomic E-state index is 0.210. The predicted molar refractivity (Wildman–Crippen MR) is 99.5 cm³/mol. The van der Waals surface area contributed by atoms with E-state index >= 15 is 0 Å². The topological polar surface area (TPSA) is 85.3 Å². The molecule has 3 N–H and O–H groups in total. The molecule has 2 aliphatic rings. The van der Waals surface area contributed by atoms with E-state index in [4.69, 9.17) is 4.74 Å². The molecule has 2 aliphatic heterocycles. The van der Waals surface area contributed by atoms with Gasteiger partial charge in [0.25, 0.3) is 0 Å². The molecule has 0 aliphatic carbocycles. The summed E-state index contributed by atoms with van der Waals surface area (Å²) >= 11 is 0. The van der Waals surface area contributed by atoms with Crippen molar-refractivity contribution in [2.45, 2.75) is 37.5 Å². The molecular formula is C19H26F3N3O4. The maximum Gasteiger partial charge on any atom is 0.416 e. The molecule has 2 fully saturated rings. The first-order valence-corrected chi connectivity index (χ1v) is 9.56. The number of carbonyl (C=O) groups is 1. The van der Waals surface area contributed by atoms with Crippen molar-refractivity contribution in [2.24, 2.45) is 0 Å². The van der Waals surface area contributed by atoms with Gasteiger partial charge in [-0.15, -0.1) is 0 Å². The Morgan fingerprint density at radius 3 is 2.52 bits per heavy atom. The number of aliphatic hydroxyl groups excluding tert-OH is 2. The Labute approximate surface area is 167 Å². The first kappa shape index (κ1) is 21.8. The number of carbonyl (C=O) groups excluding carboxylic acids is 1. The number of alkyl halides is 3. The molecule has 162 valence electrons. The van der Waals surface area contributed by atoms with Gasteiger partial charge in [0.2, 0.25) is 5.91 Å². The van der Waals surface area contributed by atoms with E-state index in [1.807, 2.05) is 9.80 Å². The fourth-order valence-corrected chi connectivity index (χ4v) is 4.00. The first-order chi connectivity index (χ1) is 13.7. The fourth-order valence-electron chi connectivity index (χ4n) is 4.00. The molecule has 7 nitrogen and oxygen atoms in total. The predicted octanol–water partition coefficient (Wildman–Crippen LogP) is 0.453. The molecule has 29 heavy (non-hydrogen) atoms. The van der Waals surface area contributed by atoms with E-state index in [-0.39, 0.29) is 19.1 Å². The van der Waals surface area contributed by atoms with Crippen molar-refractivity contribution in [2.75, 3.05) is 44.2 Å². The molecule has 2 heterocycles. The summed E-state index contributed by atoms with van der Waals surface area (Å²) in [5.74, 6) is -0.219. The van der Waals surface area contributed by atoms with E-state index < -0.39 is 36.1 Å². The van der Waals surface area contributed by atoms with Crippen LogP contribution in [0.15, 0.2) is 24.3 Å². The summed E-state index contributed by atoms with van der Waals surface area (Å²) in [4.78, 5) is 15.1. The van der Waals surface area contributed by atoms with Gasteiger partial charge in [0.15, 0.2) is 0 Å². The SMILES string of the molecule is CC(=O)NCC1OC(CO)C(O)C1N1CCN(c2cccc(C(F)(F)F)c2)CC1. The number of anilines is 1. The van der Waals surface area contributed by atoms with Gasteiger partial charge in [-0.1, -0.05) is 6.07 Å². The molecule has 0 saturated carbocycles. The Kier molecular flexibility index (Phi) is 6.67. The van der Waals surface area contributed by atoms with Crippen LogP contribution in [0, 0.1) is 0 Å². The summed E-state index contributed by atoms with van der Waals surface area (Å²) < 4.78 is 44.6.